The molecule has 0 spiro atoms. The van der Waals surface area contributed by atoms with Gasteiger partial charge in [0, 0.05) is 17.2 Å². The SMILES string of the molecule is O=C1C(=O)c2ccccc2C1=Cc1ccccc1[N+](=O)[O-]. The van der Waals surface area contributed by atoms with Crippen LogP contribution in [0.3, 0.4) is 0 Å². The van der Waals surface area contributed by atoms with Crippen LogP contribution in [0.1, 0.15) is 21.5 Å². The standard InChI is InChI=1S/C16H9NO4/c18-15-12-7-3-2-6-11(12)13(16(15)19)9-10-5-1-4-8-14(10)17(20)21/h1-9H. The van der Waals surface area contributed by atoms with Crippen LogP contribution in [0.15, 0.2) is 48.5 Å². The summed E-state index contributed by atoms with van der Waals surface area (Å²) in [7, 11) is 0. The number of allylic oxidation sites excluding steroid dienone is 1. The number of carbonyl (C=O) groups is 2. The number of fused-ring (bicyclic) bond motifs is 1. The highest BCUT2D eigenvalue weighted by molar-refractivity contribution is 6.64. The number of carbonyl (C=O) groups excluding carboxylic acids is 2. The van der Waals surface area contributed by atoms with E-state index in [9.17, 15) is 19.7 Å². The first-order valence-corrected chi connectivity index (χ1v) is 6.23. The Kier molecular flexibility index (Phi) is 2.95. The molecule has 0 bridgehead atoms. The molecule has 0 saturated carbocycles. The van der Waals surface area contributed by atoms with Crippen LogP contribution in [0, 0.1) is 10.1 Å². The van der Waals surface area contributed by atoms with Gasteiger partial charge in [0.2, 0.25) is 11.6 Å². The van der Waals surface area contributed by atoms with E-state index in [2.05, 4.69) is 0 Å². The second-order valence-corrected chi connectivity index (χ2v) is 4.58. The fraction of sp³-hybridized carbons (Fsp3) is 0. The van der Waals surface area contributed by atoms with E-state index in [1.54, 1.807) is 42.5 Å². The number of ketones is 2. The molecule has 0 aliphatic heterocycles. The Bertz CT molecular complexity index is 821. The van der Waals surface area contributed by atoms with Crippen molar-refractivity contribution in [2.45, 2.75) is 0 Å². The largest absolute Gasteiger partial charge is 0.285 e. The van der Waals surface area contributed by atoms with E-state index in [1.165, 1.54) is 12.1 Å². The molecule has 5 heteroatoms. The van der Waals surface area contributed by atoms with Crippen LogP contribution >= 0.6 is 0 Å². The zero-order chi connectivity index (χ0) is 15.0. The molecule has 0 saturated heterocycles. The fourth-order valence-corrected chi connectivity index (χ4v) is 2.36. The number of nitrogens with zero attached hydrogens (tertiary/aromatic N) is 1. The smallest absolute Gasteiger partial charge is 0.276 e. The molecule has 0 atom stereocenters. The van der Waals surface area contributed by atoms with Crippen LogP contribution in [0.5, 0.6) is 0 Å². The Balaban J connectivity index is 2.20. The molecule has 3 rings (SSSR count). The quantitative estimate of drug-likeness (QED) is 0.366. The molecule has 5 nitrogen and oxygen atoms in total. The van der Waals surface area contributed by atoms with Crippen molar-refractivity contribution >= 4 is 28.9 Å². The zero-order valence-electron chi connectivity index (χ0n) is 10.8. The third-order valence-corrected chi connectivity index (χ3v) is 3.35. The zero-order valence-corrected chi connectivity index (χ0v) is 10.8. The predicted octanol–water partition coefficient (Wildman–Crippen LogP) is 2.90. The van der Waals surface area contributed by atoms with Crippen molar-refractivity contribution in [3.05, 3.63) is 75.3 Å². The van der Waals surface area contributed by atoms with Crippen LogP contribution in [0.2, 0.25) is 0 Å². The lowest BCUT2D eigenvalue weighted by Crippen LogP contribution is -2.05. The Morgan fingerprint density at radius 2 is 1.48 bits per heavy atom. The van der Waals surface area contributed by atoms with E-state index in [0.717, 1.165) is 0 Å². The van der Waals surface area contributed by atoms with E-state index in [-0.39, 0.29) is 11.3 Å². The summed E-state index contributed by atoms with van der Waals surface area (Å²) in [4.78, 5) is 34.4. The number of hydrogen-bond acceptors (Lipinski definition) is 4. The van der Waals surface area contributed by atoms with Crippen molar-refractivity contribution in [2.75, 3.05) is 0 Å². The average molecular weight is 279 g/mol. The third kappa shape index (κ3) is 2.04. The van der Waals surface area contributed by atoms with Gasteiger partial charge in [-0.15, -0.1) is 0 Å². The second kappa shape index (κ2) is 4.79. The van der Waals surface area contributed by atoms with E-state index >= 15 is 0 Å². The minimum absolute atomic E-state index is 0.102. The molecule has 102 valence electrons. The lowest BCUT2D eigenvalue weighted by molar-refractivity contribution is -0.385. The summed E-state index contributed by atoms with van der Waals surface area (Å²) in [5, 5.41) is 11.0. The molecule has 0 heterocycles. The maximum atomic E-state index is 12.1. The summed E-state index contributed by atoms with van der Waals surface area (Å²) in [6.45, 7) is 0. The Morgan fingerprint density at radius 1 is 0.857 bits per heavy atom. The maximum absolute atomic E-state index is 12.1. The highest BCUT2D eigenvalue weighted by Gasteiger charge is 2.33. The highest BCUT2D eigenvalue weighted by Crippen LogP contribution is 2.32. The molecular weight excluding hydrogens is 270 g/mol. The molecule has 21 heavy (non-hydrogen) atoms. The predicted molar refractivity (Wildman–Crippen MR) is 76.7 cm³/mol. The first-order chi connectivity index (χ1) is 10.1. The number of nitro benzene ring substituents is 1. The molecule has 1 aliphatic rings. The average Bonchev–Trinajstić information content (AvgIpc) is 2.73. The van der Waals surface area contributed by atoms with Gasteiger partial charge in [-0.3, -0.25) is 19.7 Å². The fourth-order valence-electron chi connectivity index (χ4n) is 2.36. The molecule has 2 aromatic carbocycles. The van der Waals surface area contributed by atoms with Crippen LogP contribution in [-0.4, -0.2) is 16.5 Å². The van der Waals surface area contributed by atoms with Gasteiger partial charge >= 0.3 is 0 Å². The van der Waals surface area contributed by atoms with E-state index in [1.807, 2.05) is 0 Å². The number of hydrogen-bond donors (Lipinski definition) is 0. The van der Waals surface area contributed by atoms with E-state index in [0.29, 0.717) is 16.7 Å². The van der Waals surface area contributed by atoms with Gasteiger partial charge in [-0.05, 0) is 17.7 Å². The van der Waals surface area contributed by atoms with Crippen LogP contribution in [0.4, 0.5) is 5.69 Å². The van der Waals surface area contributed by atoms with Gasteiger partial charge in [0.25, 0.3) is 5.69 Å². The molecule has 1 aliphatic carbocycles. The topological polar surface area (TPSA) is 77.3 Å². The molecular formula is C16H9NO4. The van der Waals surface area contributed by atoms with Gasteiger partial charge in [-0.25, -0.2) is 0 Å². The number of rotatable bonds is 2. The normalized spacial score (nSPS) is 15.3. The summed E-state index contributed by atoms with van der Waals surface area (Å²) < 4.78 is 0. The molecule has 2 aromatic rings. The van der Waals surface area contributed by atoms with Crippen molar-refractivity contribution < 1.29 is 14.5 Å². The number of Topliss-reactive ketones (excluding diaryl/α,β-unsaturated/α-hetero) is 2. The lowest BCUT2D eigenvalue weighted by Gasteiger charge is -2.00. The molecule has 0 radical (unpaired) electrons. The summed E-state index contributed by atoms with van der Waals surface area (Å²) in [6, 6.07) is 12.7. The van der Waals surface area contributed by atoms with Gasteiger partial charge in [-0.1, -0.05) is 36.4 Å². The highest BCUT2D eigenvalue weighted by atomic mass is 16.6. The first-order valence-electron chi connectivity index (χ1n) is 6.23. The Labute approximate surface area is 119 Å². The first kappa shape index (κ1) is 12.9. The van der Waals surface area contributed by atoms with Gasteiger partial charge in [-0.2, -0.15) is 0 Å². The molecule has 0 amide bonds. The molecule has 0 aromatic heterocycles. The van der Waals surface area contributed by atoms with Crippen molar-refractivity contribution in [3.8, 4) is 0 Å². The summed E-state index contributed by atoms with van der Waals surface area (Å²) in [5.41, 5.74) is 1.26. The third-order valence-electron chi connectivity index (χ3n) is 3.35. The van der Waals surface area contributed by atoms with Crippen LogP contribution in [-0.2, 0) is 4.79 Å². The van der Waals surface area contributed by atoms with Gasteiger partial charge in [0.05, 0.1) is 10.5 Å². The number of nitro groups is 1. The van der Waals surface area contributed by atoms with Gasteiger partial charge in [0.15, 0.2) is 0 Å². The minimum atomic E-state index is -0.630. The molecule has 0 fully saturated rings. The van der Waals surface area contributed by atoms with Crippen LogP contribution in [0.25, 0.3) is 11.6 Å². The second-order valence-electron chi connectivity index (χ2n) is 4.58. The monoisotopic (exact) mass is 279 g/mol. The Morgan fingerprint density at radius 3 is 2.19 bits per heavy atom. The van der Waals surface area contributed by atoms with Crippen LogP contribution < -0.4 is 0 Å². The summed E-state index contributed by atoms with van der Waals surface area (Å²) in [5.74, 6) is -1.20. The van der Waals surface area contributed by atoms with Crippen molar-refractivity contribution in [1.29, 1.82) is 0 Å². The number of para-hydroxylation sites is 1. The summed E-state index contributed by atoms with van der Waals surface area (Å²) >= 11 is 0. The van der Waals surface area contributed by atoms with Gasteiger partial charge in [0.1, 0.15) is 0 Å². The van der Waals surface area contributed by atoms with Crippen molar-refractivity contribution in [3.63, 3.8) is 0 Å². The molecule has 0 unspecified atom stereocenters. The summed E-state index contributed by atoms with van der Waals surface area (Å²) in [6.07, 6.45) is 1.41. The minimum Gasteiger partial charge on any atom is -0.285 e. The van der Waals surface area contributed by atoms with E-state index < -0.39 is 16.5 Å². The maximum Gasteiger partial charge on any atom is 0.276 e. The van der Waals surface area contributed by atoms with E-state index in [4.69, 9.17) is 0 Å². The van der Waals surface area contributed by atoms with Crippen molar-refractivity contribution in [1.82, 2.24) is 0 Å². The van der Waals surface area contributed by atoms with Gasteiger partial charge < -0.3 is 0 Å². The van der Waals surface area contributed by atoms with Crippen molar-refractivity contribution in [2.24, 2.45) is 0 Å². The Hall–Kier alpha value is -3.08. The lowest BCUT2D eigenvalue weighted by atomic mass is 10.0. The molecule has 0 N–H and O–H groups in total. The number of benzene rings is 2.